The Morgan fingerprint density at radius 3 is 1.76 bits per heavy atom. The number of aliphatic imine (C=N–C) groups is 2. The zero-order chi connectivity index (χ0) is 39.5. The first kappa shape index (κ1) is 45.1. The first-order valence-corrected chi connectivity index (χ1v) is 21.4. The Morgan fingerprint density at radius 2 is 1.31 bits per heavy atom. The minimum atomic E-state index is -3.80. The van der Waals surface area contributed by atoms with Crippen LogP contribution < -0.4 is 19.7 Å². The highest BCUT2D eigenvalue weighted by Crippen LogP contribution is 2.30. The number of nitrogens with zero attached hydrogens (tertiary/aromatic N) is 7. The fourth-order valence-corrected chi connectivity index (χ4v) is 8.19. The molecule has 2 unspecified atom stereocenters. The second-order valence-electron chi connectivity index (χ2n) is 12.9. The summed E-state index contributed by atoms with van der Waals surface area (Å²) in [5, 5.41) is 22.6. The summed E-state index contributed by atoms with van der Waals surface area (Å²) in [5.74, 6) is 1.08. The number of carbonyl (C=O) groups is 1. The Balaban J connectivity index is 0.000000273. The van der Waals surface area contributed by atoms with Gasteiger partial charge in [-0.3, -0.25) is 14.8 Å². The van der Waals surface area contributed by atoms with Gasteiger partial charge in [-0.1, -0.05) is 13.8 Å². The van der Waals surface area contributed by atoms with Crippen molar-refractivity contribution in [3.05, 3.63) is 47.5 Å². The Bertz CT molecular complexity index is 1970. The van der Waals surface area contributed by atoms with Crippen LogP contribution in [0.25, 0.3) is 0 Å². The zero-order valence-corrected chi connectivity index (χ0v) is 34.8. The van der Waals surface area contributed by atoms with Crippen LogP contribution in [0.4, 0.5) is 11.4 Å². The van der Waals surface area contributed by atoms with Crippen molar-refractivity contribution in [2.45, 2.75) is 77.0 Å². The van der Waals surface area contributed by atoms with Crippen molar-refractivity contribution in [1.29, 1.82) is 0 Å². The molecule has 4 aliphatic rings. The molecule has 0 spiro atoms. The Morgan fingerprint density at radius 1 is 0.818 bits per heavy atom. The third-order valence-electron chi connectivity index (χ3n) is 8.99. The number of anilines is 2. The van der Waals surface area contributed by atoms with E-state index in [0.29, 0.717) is 45.1 Å². The van der Waals surface area contributed by atoms with Gasteiger partial charge in [0.2, 0.25) is 17.8 Å². The maximum atomic E-state index is 12.9. The molecule has 19 heteroatoms. The molecule has 2 atom stereocenters. The van der Waals surface area contributed by atoms with Gasteiger partial charge < -0.3 is 15.3 Å². The maximum Gasteiger partial charge on any atom is 0.264 e. The van der Waals surface area contributed by atoms with Crippen molar-refractivity contribution in [2.24, 2.45) is 32.0 Å². The normalized spacial score (nSPS) is 18.7. The minimum absolute atomic E-state index is 0. The number of aliphatic hydroxyl groups is 1. The van der Waals surface area contributed by atoms with Gasteiger partial charge in [-0.2, -0.15) is 10.2 Å². The van der Waals surface area contributed by atoms with E-state index in [1.54, 1.807) is 46.1 Å². The predicted molar refractivity (Wildman–Crippen MR) is 221 cm³/mol. The largest absolute Gasteiger partial charge is 0.397 e. The molecule has 4 N–H and O–H groups in total. The molecule has 55 heavy (non-hydrogen) atoms. The topological polar surface area (TPSA) is 201 Å². The number of aliphatic hydroxyl groups excluding tert-OH is 1. The van der Waals surface area contributed by atoms with Crippen LogP contribution in [0.15, 0.2) is 66.4 Å². The molecule has 0 aromatic heterocycles. The van der Waals surface area contributed by atoms with Gasteiger partial charge in [0.25, 0.3) is 20.0 Å². The number of amides is 1. The van der Waals surface area contributed by atoms with Crippen molar-refractivity contribution < 1.29 is 26.7 Å². The van der Waals surface area contributed by atoms with Gasteiger partial charge in [-0.15, -0.1) is 12.4 Å². The van der Waals surface area contributed by atoms with E-state index in [9.17, 15) is 21.6 Å². The molecule has 6 rings (SSSR count). The van der Waals surface area contributed by atoms with Crippen LogP contribution in [-0.2, 0) is 37.7 Å². The molecule has 0 radical (unpaired) electrons. The molecule has 304 valence electrons. The third kappa shape index (κ3) is 11.6. The van der Waals surface area contributed by atoms with Gasteiger partial charge in [0.05, 0.1) is 22.9 Å². The summed E-state index contributed by atoms with van der Waals surface area (Å²) in [4.78, 5) is 22.3. The zero-order valence-electron chi connectivity index (χ0n) is 32.4. The first-order valence-electron chi connectivity index (χ1n) is 18.5. The number of rotatable bonds is 8. The number of nitrogens with one attached hydrogen (secondary N) is 3. The van der Waals surface area contributed by atoms with Gasteiger partial charge >= 0.3 is 0 Å². The molecular formula is C36H55ClN10O6S2. The summed E-state index contributed by atoms with van der Waals surface area (Å²) in [6, 6.07) is 10.00. The third-order valence-corrected chi connectivity index (χ3v) is 11.6. The van der Waals surface area contributed by atoms with Gasteiger partial charge in [-0.25, -0.2) is 36.3 Å². The van der Waals surface area contributed by atoms with Gasteiger partial charge in [0.15, 0.2) is 0 Å². The Labute approximate surface area is 331 Å². The summed E-state index contributed by atoms with van der Waals surface area (Å²) in [7, 11) is -7.49. The molecule has 0 fully saturated rings. The van der Waals surface area contributed by atoms with Gasteiger partial charge in [0.1, 0.15) is 0 Å². The van der Waals surface area contributed by atoms with E-state index in [1.165, 1.54) is 13.0 Å². The van der Waals surface area contributed by atoms with Crippen LogP contribution in [0.1, 0.15) is 65.5 Å². The van der Waals surface area contributed by atoms with Gasteiger partial charge in [0, 0.05) is 75.3 Å². The Kier molecular flexibility index (Phi) is 16.9. The van der Waals surface area contributed by atoms with Crippen molar-refractivity contribution in [2.75, 3.05) is 56.1 Å². The van der Waals surface area contributed by atoms with E-state index >= 15 is 0 Å². The number of fused-ring (bicyclic) bond motifs is 2. The number of guanidine groups is 2. The van der Waals surface area contributed by atoms with E-state index in [-0.39, 0.29) is 52.5 Å². The monoisotopic (exact) mass is 822 g/mol. The van der Waals surface area contributed by atoms with E-state index in [2.05, 4.69) is 48.8 Å². The lowest BCUT2D eigenvalue weighted by molar-refractivity contribution is -0.116. The number of halogens is 1. The number of hydrogen-bond donors (Lipinski definition) is 4. The molecule has 4 aliphatic heterocycles. The molecule has 2 aromatic rings. The van der Waals surface area contributed by atoms with Crippen molar-refractivity contribution in [1.82, 2.24) is 19.5 Å². The number of carbonyl (C=O) groups excluding carboxylic acids is 1. The average molecular weight is 823 g/mol. The average Bonchev–Trinajstić information content (AvgIpc) is 3.97. The number of sulfonamides is 2. The maximum absolute atomic E-state index is 12.9. The first-order chi connectivity index (χ1) is 25.8. The molecule has 2 aromatic carbocycles. The van der Waals surface area contributed by atoms with Crippen LogP contribution in [0.5, 0.6) is 0 Å². The molecule has 1 amide bonds. The standard InChI is InChI=1S/C18H25N5O3S.C16H23N5O2S.C2H6O.ClH/c1-4-14-11-20-23(12-14)18(19-5-2)21-27(25,26)16-6-7-17-15(10-16)8-9-22(17)13(3)24;1-3-12-10-19-21(11-12)16(17-4-2)20-24(22,23)14-5-6-15-13(9-14)7-8-18-15;1-2-3;/h6-7,10-11,14H,4-5,8-9,12H2,1-3H3,(H,19,21);5-6,9-10,12,18H,3-4,7-8,11H2,1-2H3,(H,17,20);3H,2H2,1H3;1H. The quantitative estimate of drug-likeness (QED) is 0.227. The summed E-state index contributed by atoms with van der Waals surface area (Å²) < 4.78 is 56.4. The summed E-state index contributed by atoms with van der Waals surface area (Å²) >= 11 is 0. The number of hydrazone groups is 2. The van der Waals surface area contributed by atoms with Crippen molar-refractivity contribution >= 4 is 74.1 Å². The summed E-state index contributed by atoms with van der Waals surface area (Å²) in [6.07, 6.45) is 7.05. The van der Waals surface area contributed by atoms with Crippen LogP contribution in [0.2, 0.25) is 0 Å². The fraction of sp³-hybridized carbons (Fsp3) is 0.528. The second kappa shape index (κ2) is 20.6. The predicted octanol–water partition coefficient (Wildman–Crippen LogP) is 3.63. The molecule has 0 aliphatic carbocycles. The summed E-state index contributed by atoms with van der Waals surface area (Å²) in [5.41, 5.74) is 3.66. The minimum Gasteiger partial charge on any atom is -0.397 e. The Hall–Kier alpha value is -4.26. The lowest BCUT2D eigenvalue weighted by Gasteiger charge is -2.19. The fourth-order valence-electron chi connectivity index (χ4n) is 6.05. The van der Waals surface area contributed by atoms with Crippen molar-refractivity contribution in [3.8, 4) is 0 Å². The van der Waals surface area contributed by atoms with E-state index in [1.807, 2.05) is 32.3 Å². The van der Waals surface area contributed by atoms with Crippen molar-refractivity contribution in [3.63, 3.8) is 0 Å². The van der Waals surface area contributed by atoms with E-state index < -0.39 is 20.0 Å². The highest BCUT2D eigenvalue weighted by Gasteiger charge is 2.29. The van der Waals surface area contributed by atoms with Crippen LogP contribution in [-0.4, -0.2) is 108 Å². The number of benzene rings is 2. The lowest BCUT2D eigenvalue weighted by atomic mass is 10.1. The highest BCUT2D eigenvalue weighted by atomic mass is 35.5. The molecule has 0 bridgehead atoms. The number of hydrogen-bond acceptors (Lipinski definition) is 11. The molecule has 0 saturated heterocycles. The summed E-state index contributed by atoms with van der Waals surface area (Å²) in [6.45, 7) is 14.9. The van der Waals surface area contributed by atoms with E-state index in [0.717, 1.165) is 48.3 Å². The molecular weight excluding hydrogens is 768 g/mol. The van der Waals surface area contributed by atoms with Crippen LogP contribution in [0.3, 0.4) is 0 Å². The molecule has 0 saturated carbocycles. The highest BCUT2D eigenvalue weighted by molar-refractivity contribution is 7.90. The lowest BCUT2D eigenvalue weighted by Crippen LogP contribution is -2.41. The van der Waals surface area contributed by atoms with Crippen LogP contribution in [0, 0.1) is 11.8 Å². The van der Waals surface area contributed by atoms with E-state index in [4.69, 9.17) is 5.11 Å². The van der Waals surface area contributed by atoms with Crippen LogP contribution >= 0.6 is 12.4 Å². The SMILES string of the molecule is CCN=C(NS(=O)(=O)c1ccc2c(c1)CCN2)N1CC(CC)C=N1.CCN=C(NS(=O)(=O)c1ccc2c(c1)CCN2C(C)=O)N1CC(CC)C=N1.CCO.Cl. The second-order valence-corrected chi connectivity index (χ2v) is 16.2. The van der Waals surface area contributed by atoms with Gasteiger partial charge in [-0.05, 0) is 94.0 Å². The molecule has 4 heterocycles. The smallest absolute Gasteiger partial charge is 0.264 e. The molecule has 16 nitrogen and oxygen atoms in total.